The van der Waals surface area contributed by atoms with E-state index in [4.69, 9.17) is 0 Å². The number of carbonyl (C=O) groups excluding carboxylic acids is 1. The van der Waals surface area contributed by atoms with Crippen LogP contribution in [0, 0.1) is 5.92 Å². The minimum Gasteiger partial charge on any atom is -0.314 e. The number of hydrogen-bond acceptors (Lipinski definition) is 1. The molecule has 0 spiro atoms. The number of hydrogen-bond donors (Lipinski definition) is 0. The molecule has 1 aromatic carbocycles. The molecule has 0 saturated heterocycles. The second kappa shape index (κ2) is 4.66. The number of para-hydroxylation sites is 1. The molecular formula is C17H23NO. The van der Waals surface area contributed by atoms with Gasteiger partial charge in [0.1, 0.15) is 0 Å². The summed E-state index contributed by atoms with van der Waals surface area (Å²) in [5.41, 5.74) is 2.03. The Labute approximate surface area is 115 Å². The molecule has 1 atom stereocenters. The first-order valence-electron chi connectivity index (χ1n) is 7.50. The van der Waals surface area contributed by atoms with Crippen LogP contribution in [0.5, 0.6) is 0 Å². The lowest BCUT2D eigenvalue weighted by Crippen LogP contribution is -2.38. The summed E-state index contributed by atoms with van der Waals surface area (Å²) < 4.78 is 0. The Morgan fingerprint density at radius 1 is 1.21 bits per heavy atom. The number of rotatable bonds is 2. The molecule has 1 saturated carbocycles. The third kappa shape index (κ3) is 1.98. The fraction of sp³-hybridized carbons (Fsp3) is 0.588. The molecular weight excluding hydrogens is 234 g/mol. The predicted octanol–water partition coefficient (Wildman–Crippen LogP) is 3.89. The fourth-order valence-corrected chi connectivity index (χ4v) is 3.99. The lowest BCUT2D eigenvalue weighted by Gasteiger charge is -2.30. The number of benzene rings is 1. The maximum atomic E-state index is 12.7. The Balaban J connectivity index is 1.91. The van der Waals surface area contributed by atoms with Gasteiger partial charge in [-0.25, -0.2) is 0 Å². The van der Waals surface area contributed by atoms with Gasteiger partial charge in [0.05, 0.1) is 5.41 Å². The van der Waals surface area contributed by atoms with Crippen LogP contribution < -0.4 is 4.90 Å². The van der Waals surface area contributed by atoms with Crippen molar-refractivity contribution in [2.75, 3.05) is 11.9 Å². The topological polar surface area (TPSA) is 20.3 Å². The van der Waals surface area contributed by atoms with Gasteiger partial charge in [-0.15, -0.1) is 0 Å². The van der Waals surface area contributed by atoms with Gasteiger partial charge in [0, 0.05) is 12.7 Å². The van der Waals surface area contributed by atoms with Gasteiger partial charge in [-0.3, -0.25) is 4.79 Å². The molecule has 2 nitrogen and oxygen atoms in total. The van der Waals surface area contributed by atoms with E-state index in [2.05, 4.69) is 25.1 Å². The molecule has 1 aliphatic heterocycles. The summed E-state index contributed by atoms with van der Waals surface area (Å²) in [5, 5.41) is 0. The molecule has 2 aliphatic rings. The SMILES string of the molecule is CN1C(=O)C(C)(CC2CCCCC2)c2ccccc21. The highest BCUT2D eigenvalue weighted by Gasteiger charge is 2.46. The van der Waals surface area contributed by atoms with Crippen molar-refractivity contribution in [2.24, 2.45) is 5.92 Å². The van der Waals surface area contributed by atoms with E-state index in [1.54, 1.807) is 0 Å². The third-order valence-electron chi connectivity index (χ3n) is 5.06. The molecule has 3 rings (SSSR count). The number of carbonyl (C=O) groups is 1. The second-order valence-corrected chi connectivity index (χ2v) is 6.42. The highest BCUT2D eigenvalue weighted by Crippen LogP contribution is 2.46. The van der Waals surface area contributed by atoms with Gasteiger partial charge in [-0.1, -0.05) is 50.3 Å². The van der Waals surface area contributed by atoms with Crippen LogP contribution in [0.3, 0.4) is 0 Å². The molecule has 19 heavy (non-hydrogen) atoms. The molecule has 0 bridgehead atoms. The van der Waals surface area contributed by atoms with Crippen LogP contribution in [0.15, 0.2) is 24.3 Å². The van der Waals surface area contributed by atoms with Crippen LogP contribution in [0.2, 0.25) is 0 Å². The van der Waals surface area contributed by atoms with E-state index in [9.17, 15) is 4.79 Å². The fourth-order valence-electron chi connectivity index (χ4n) is 3.99. The van der Waals surface area contributed by atoms with Crippen molar-refractivity contribution in [3.8, 4) is 0 Å². The highest BCUT2D eigenvalue weighted by molar-refractivity contribution is 6.07. The normalized spacial score (nSPS) is 27.7. The number of amides is 1. The smallest absolute Gasteiger partial charge is 0.237 e. The van der Waals surface area contributed by atoms with Crippen LogP contribution >= 0.6 is 0 Å². The molecule has 102 valence electrons. The number of likely N-dealkylation sites (N-methyl/N-ethyl adjacent to an activating group) is 1. The molecule has 1 aliphatic carbocycles. The Hall–Kier alpha value is -1.31. The van der Waals surface area contributed by atoms with E-state index in [0.717, 1.165) is 18.0 Å². The van der Waals surface area contributed by atoms with Crippen molar-refractivity contribution in [1.29, 1.82) is 0 Å². The highest BCUT2D eigenvalue weighted by atomic mass is 16.2. The largest absolute Gasteiger partial charge is 0.314 e. The maximum Gasteiger partial charge on any atom is 0.237 e. The summed E-state index contributed by atoms with van der Waals surface area (Å²) in [6.07, 6.45) is 7.67. The molecule has 1 unspecified atom stereocenters. The van der Waals surface area contributed by atoms with E-state index in [-0.39, 0.29) is 11.3 Å². The Morgan fingerprint density at radius 2 is 1.89 bits per heavy atom. The molecule has 0 radical (unpaired) electrons. The van der Waals surface area contributed by atoms with E-state index in [0.29, 0.717) is 0 Å². The third-order valence-corrected chi connectivity index (χ3v) is 5.06. The number of fused-ring (bicyclic) bond motifs is 1. The predicted molar refractivity (Wildman–Crippen MR) is 78.4 cm³/mol. The van der Waals surface area contributed by atoms with E-state index in [1.807, 2.05) is 18.0 Å². The van der Waals surface area contributed by atoms with Crippen molar-refractivity contribution in [1.82, 2.24) is 0 Å². The summed E-state index contributed by atoms with van der Waals surface area (Å²) in [4.78, 5) is 14.5. The van der Waals surface area contributed by atoms with E-state index in [1.165, 1.54) is 37.7 Å². The van der Waals surface area contributed by atoms with Crippen LogP contribution in [0.4, 0.5) is 5.69 Å². The van der Waals surface area contributed by atoms with Gasteiger partial charge in [0.2, 0.25) is 5.91 Å². The summed E-state index contributed by atoms with van der Waals surface area (Å²) >= 11 is 0. The van der Waals surface area contributed by atoms with Gasteiger partial charge in [-0.2, -0.15) is 0 Å². The van der Waals surface area contributed by atoms with Gasteiger partial charge in [0.15, 0.2) is 0 Å². The standard InChI is InChI=1S/C17H23NO/c1-17(12-13-8-4-3-5-9-13)14-10-6-7-11-15(14)18(2)16(17)19/h6-7,10-11,13H,3-5,8-9,12H2,1-2H3. The first-order valence-corrected chi connectivity index (χ1v) is 7.50. The van der Waals surface area contributed by atoms with Gasteiger partial charge in [0.25, 0.3) is 0 Å². The lowest BCUT2D eigenvalue weighted by molar-refractivity contribution is -0.123. The zero-order valence-electron chi connectivity index (χ0n) is 12.0. The van der Waals surface area contributed by atoms with Crippen molar-refractivity contribution in [3.05, 3.63) is 29.8 Å². The van der Waals surface area contributed by atoms with Gasteiger partial charge >= 0.3 is 0 Å². The average molecular weight is 257 g/mol. The quantitative estimate of drug-likeness (QED) is 0.787. The van der Waals surface area contributed by atoms with Crippen LogP contribution in [-0.4, -0.2) is 13.0 Å². The van der Waals surface area contributed by atoms with Crippen LogP contribution in [0.25, 0.3) is 0 Å². The van der Waals surface area contributed by atoms with Crippen LogP contribution in [0.1, 0.15) is 51.0 Å². The van der Waals surface area contributed by atoms with Gasteiger partial charge in [-0.05, 0) is 30.9 Å². The minimum atomic E-state index is -0.298. The van der Waals surface area contributed by atoms with E-state index < -0.39 is 0 Å². The molecule has 0 N–H and O–H groups in total. The molecule has 1 heterocycles. The van der Waals surface area contributed by atoms with Crippen molar-refractivity contribution in [3.63, 3.8) is 0 Å². The first kappa shape index (κ1) is 12.7. The summed E-state index contributed by atoms with van der Waals surface area (Å²) in [5.74, 6) is 1.00. The monoisotopic (exact) mass is 257 g/mol. The molecule has 1 fully saturated rings. The maximum absolute atomic E-state index is 12.7. The van der Waals surface area contributed by atoms with Crippen LogP contribution in [-0.2, 0) is 10.2 Å². The second-order valence-electron chi connectivity index (χ2n) is 6.42. The summed E-state index contributed by atoms with van der Waals surface area (Å²) in [7, 11) is 1.91. The zero-order chi connectivity index (χ0) is 13.5. The lowest BCUT2D eigenvalue weighted by atomic mass is 9.72. The minimum absolute atomic E-state index is 0.277. The zero-order valence-corrected chi connectivity index (χ0v) is 12.0. The molecule has 2 heteroatoms. The summed E-state index contributed by atoms with van der Waals surface area (Å²) in [6, 6.07) is 8.29. The van der Waals surface area contributed by atoms with Crippen molar-refractivity contribution in [2.45, 2.75) is 50.9 Å². The average Bonchev–Trinajstić information content (AvgIpc) is 2.63. The molecule has 0 aromatic heterocycles. The molecule has 1 aromatic rings. The van der Waals surface area contributed by atoms with Gasteiger partial charge < -0.3 is 4.90 Å². The van der Waals surface area contributed by atoms with Crippen molar-refractivity contribution >= 4 is 11.6 Å². The Morgan fingerprint density at radius 3 is 2.63 bits per heavy atom. The van der Waals surface area contributed by atoms with Crippen molar-refractivity contribution < 1.29 is 4.79 Å². The number of nitrogens with zero attached hydrogens (tertiary/aromatic N) is 1. The number of anilines is 1. The first-order chi connectivity index (χ1) is 9.13. The Bertz CT molecular complexity index is 490. The van der Waals surface area contributed by atoms with E-state index >= 15 is 0 Å². The summed E-state index contributed by atoms with van der Waals surface area (Å²) in [6.45, 7) is 2.15. The Kier molecular flexibility index (Phi) is 3.12. The molecule has 1 amide bonds.